The van der Waals surface area contributed by atoms with Gasteiger partial charge in [-0.05, 0) is 25.7 Å². The second kappa shape index (κ2) is 12.4. The van der Waals surface area contributed by atoms with Gasteiger partial charge in [0.15, 0.2) is 0 Å². The van der Waals surface area contributed by atoms with Gasteiger partial charge in [-0.2, -0.15) is 0 Å². The molecule has 8 nitrogen and oxygen atoms in total. The Morgan fingerprint density at radius 3 is 1.36 bits per heavy atom. The summed E-state index contributed by atoms with van der Waals surface area (Å²) >= 11 is 0. The third kappa shape index (κ3) is 14.0. The van der Waals surface area contributed by atoms with Crippen molar-refractivity contribution in [2.75, 3.05) is 0 Å². The van der Waals surface area contributed by atoms with E-state index in [1.807, 2.05) is 0 Å². The first kappa shape index (κ1) is 19.6. The van der Waals surface area contributed by atoms with Gasteiger partial charge in [-0.1, -0.05) is 0 Å². The molecule has 0 radical (unpaired) electrons. The molecule has 0 aromatic rings. The molecule has 0 heterocycles. The molecule has 0 atom stereocenters. The van der Waals surface area contributed by atoms with Crippen LogP contribution in [0.4, 0.5) is 0 Å². The zero-order chi connectivity index (χ0) is 16.8. The Balaban J connectivity index is 3.60. The van der Waals surface area contributed by atoms with Crippen molar-refractivity contribution in [1.29, 1.82) is 0 Å². The second-order valence-electron chi connectivity index (χ2n) is 4.48. The van der Waals surface area contributed by atoms with Crippen LogP contribution in [0.15, 0.2) is 9.98 Å². The standard InChI is InChI=1S/C14H20N2O6/c17-11(5-7-13(19)20)15-9-3-1-2-4-10-16-12(18)6-8-14(21)22/h9-10H,1-8H2,(H,19,20)(H,21,22). The van der Waals surface area contributed by atoms with Crippen LogP contribution >= 0.6 is 0 Å². The van der Waals surface area contributed by atoms with Crippen LogP contribution in [-0.4, -0.2) is 46.4 Å². The van der Waals surface area contributed by atoms with Crippen molar-refractivity contribution in [2.24, 2.45) is 9.98 Å². The molecule has 0 saturated carbocycles. The highest BCUT2D eigenvalue weighted by molar-refractivity contribution is 5.87. The molecule has 0 fully saturated rings. The van der Waals surface area contributed by atoms with Crippen LogP contribution in [0.5, 0.6) is 0 Å². The van der Waals surface area contributed by atoms with Gasteiger partial charge in [-0.25, -0.2) is 9.98 Å². The molecular weight excluding hydrogens is 292 g/mol. The summed E-state index contributed by atoms with van der Waals surface area (Å²) in [5.41, 5.74) is 0. The Labute approximate surface area is 128 Å². The lowest BCUT2D eigenvalue weighted by Gasteiger charge is -1.94. The maximum Gasteiger partial charge on any atom is 0.303 e. The normalized spacial score (nSPS) is 11.1. The third-order valence-electron chi connectivity index (χ3n) is 2.49. The molecule has 22 heavy (non-hydrogen) atoms. The first-order valence-corrected chi connectivity index (χ1v) is 6.96. The number of aliphatic carboxylic acids is 2. The number of carboxylic acids is 2. The minimum atomic E-state index is -1.03. The first-order chi connectivity index (χ1) is 10.4. The van der Waals surface area contributed by atoms with Crippen molar-refractivity contribution >= 4 is 36.2 Å². The Bertz CT molecular complexity index is 414. The monoisotopic (exact) mass is 312 g/mol. The number of carbonyl (C=O) groups is 4. The van der Waals surface area contributed by atoms with E-state index in [9.17, 15) is 19.2 Å². The van der Waals surface area contributed by atoms with Crippen LogP contribution in [0.3, 0.4) is 0 Å². The topological polar surface area (TPSA) is 133 Å². The van der Waals surface area contributed by atoms with Crippen molar-refractivity contribution < 1.29 is 29.4 Å². The van der Waals surface area contributed by atoms with Gasteiger partial charge in [0.2, 0.25) is 11.8 Å². The fraction of sp³-hybridized carbons (Fsp3) is 0.571. The number of amides is 2. The molecule has 0 aromatic carbocycles. The van der Waals surface area contributed by atoms with Crippen molar-refractivity contribution in [3.05, 3.63) is 0 Å². The Morgan fingerprint density at radius 1 is 0.682 bits per heavy atom. The summed E-state index contributed by atoms with van der Waals surface area (Å²) in [4.78, 5) is 49.9. The molecule has 8 heteroatoms. The van der Waals surface area contributed by atoms with E-state index in [1.54, 1.807) is 0 Å². The summed E-state index contributed by atoms with van der Waals surface area (Å²) in [7, 11) is 0. The van der Waals surface area contributed by atoms with Crippen LogP contribution in [0.25, 0.3) is 0 Å². The minimum Gasteiger partial charge on any atom is -0.481 e. The van der Waals surface area contributed by atoms with E-state index < -0.39 is 23.8 Å². The number of carboxylic acid groups (broad SMARTS) is 2. The van der Waals surface area contributed by atoms with Gasteiger partial charge in [-0.3, -0.25) is 19.2 Å². The Hall–Kier alpha value is -2.38. The number of hydrogen-bond donors (Lipinski definition) is 2. The SMILES string of the molecule is O=C(O)CCC(=O)N=CCCCCC=NC(=O)CCC(=O)O. The van der Waals surface area contributed by atoms with Crippen molar-refractivity contribution in [3.8, 4) is 0 Å². The van der Waals surface area contributed by atoms with E-state index >= 15 is 0 Å². The van der Waals surface area contributed by atoms with Crippen LogP contribution in [0, 0.1) is 0 Å². The van der Waals surface area contributed by atoms with E-state index in [0.717, 1.165) is 12.8 Å². The van der Waals surface area contributed by atoms with Crippen LogP contribution in [0.2, 0.25) is 0 Å². The van der Waals surface area contributed by atoms with Crippen molar-refractivity contribution in [1.82, 2.24) is 0 Å². The van der Waals surface area contributed by atoms with Gasteiger partial charge in [0.1, 0.15) is 0 Å². The van der Waals surface area contributed by atoms with E-state index in [0.29, 0.717) is 12.8 Å². The number of nitrogens with zero attached hydrogens (tertiary/aromatic N) is 2. The predicted molar refractivity (Wildman–Crippen MR) is 79.2 cm³/mol. The first-order valence-electron chi connectivity index (χ1n) is 6.96. The highest BCUT2D eigenvalue weighted by atomic mass is 16.4. The van der Waals surface area contributed by atoms with E-state index in [4.69, 9.17) is 10.2 Å². The highest BCUT2D eigenvalue weighted by Gasteiger charge is 2.03. The van der Waals surface area contributed by atoms with Gasteiger partial charge >= 0.3 is 11.9 Å². The second-order valence-corrected chi connectivity index (χ2v) is 4.48. The quantitative estimate of drug-likeness (QED) is 0.438. The minimum absolute atomic E-state index is 0.100. The highest BCUT2D eigenvalue weighted by Crippen LogP contribution is 1.98. The van der Waals surface area contributed by atoms with Gasteiger partial charge < -0.3 is 10.2 Å². The molecule has 122 valence electrons. The van der Waals surface area contributed by atoms with Crippen molar-refractivity contribution in [3.63, 3.8) is 0 Å². The molecule has 0 saturated heterocycles. The fourth-order valence-corrected chi connectivity index (χ4v) is 1.36. The summed E-state index contributed by atoms with van der Waals surface area (Å²) in [6, 6.07) is 0. The van der Waals surface area contributed by atoms with Gasteiger partial charge in [-0.15, -0.1) is 0 Å². The predicted octanol–water partition coefficient (Wildman–Crippen LogP) is 1.47. The van der Waals surface area contributed by atoms with E-state index in [2.05, 4.69) is 9.98 Å². The summed E-state index contributed by atoms with van der Waals surface area (Å²) in [5, 5.41) is 16.8. The average molecular weight is 312 g/mol. The van der Waals surface area contributed by atoms with E-state index in [-0.39, 0.29) is 25.7 Å². The molecule has 0 unspecified atom stereocenters. The Morgan fingerprint density at radius 2 is 1.05 bits per heavy atom. The lowest BCUT2D eigenvalue weighted by molar-refractivity contribution is -0.139. The number of unbranched alkanes of at least 4 members (excludes halogenated alkanes) is 3. The number of carbonyl (C=O) groups excluding carboxylic acids is 2. The van der Waals surface area contributed by atoms with Gasteiger partial charge in [0.25, 0.3) is 0 Å². The summed E-state index contributed by atoms with van der Waals surface area (Å²) in [6.45, 7) is 0. The molecule has 2 N–H and O–H groups in total. The smallest absolute Gasteiger partial charge is 0.303 e. The molecule has 0 aliphatic heterocycles. The van der Waals surface area contributed by atoms with Crippen LogP contribution in [0.1, 0.15) is 51.4 Å². The van der Waals surface area contributed by atoms with E-state index in [1.165, 1.54) is 12.4 Å². The molecule has 0 bridgehead atoms. The molecule has 0 aromatic heterocycles. The van der Waals surface area contributed by atoms with Crippen molar-refractivity contribution in [2.45, 2.75) is 51.4 Å². The fourth-order valence-electron chi connectivity index (χ4n) is 1.36. The molecular formula is C14H20N2O6. The third-order valence-corrected chi connectivity index (χ3v) is 2.49. The Kier molecular flexibility index (Phi) is 11.0. The molecule has 0 rings (SSSR count). The zero-order valence-electron chi connectivity index (χ0n) is 12.2. The van der Waals surface area contributed by atoms with Crippen LogP contribution < -0.4 is 0 Å². The maximum atomic E-state index is 11.1. The molecule has 0 aliphatic carbocycles. The lowest BCUT2D eigenvalue weighted by atomic mass is 10.2. The maximum absolute atomic E-state index is 11.1. The number of rotatable bonds is 11. The summed E-state index contributed by atoms with van der Waals surface area (Å²) in [6.07, 6.45) is 4.95. The van der Waals surface area contributed by atoms with Gasteiger partial charge in [0, 0.05) is 25.3 Å². The average Bonchev–Trinajstić information content (AvgIpc) is 2.45. The van der Waals surface area contributed by atoms with Gasteiger partial charge in [0.05, 0.1) is 12.8 Å². The molecule has 2 amide bonds. The molecule has 0 spiro atoms. The summed E-state index contributed by atoms with van der Waals surface area (Å²) in [5.74, 6) is -2.96. The molecule has 0 aliphatic rings. The van der Waals surface area contributed by atoms with Crippen LogP contribution in [-0.2, 0) is 19.2 Å². The zero-order valence-corrected chi connectivity index (χ0v) is 12.2. The number of hydrogen-bond acceptors (Lipinski definition) is 4. The largest absolute Gasteiger partial charge is 0.481 e. The number of aliphatic imine (C=N–C) groups is 2. The summed E-state index contributed by atoms with van der Waals surface area (Å²) < 4.78 is 0. The lowest BCUT2D eigenvalue weighted by Crippen LogP contribution is -2.01.